The smallest absolute Gasteiger partial charge is 0.0377 e. The molecule has 118 valence electrons. The quantitative estimate of drug-likeness (QED) is 0.780. The van der Waals surface area contributed by atoms with Crippen molar-refractivity contribution in [2.24, 2.45) is 0 Å². The Hall–Kier alpha value is -1.02. The van der Waals surface area contributed by atoms with E-state index in [4.69, 9.17) is 0 Å². The molecule has 1 aliphatic heterocycles. The molecule has 0 aliphatic carbocycles. The van der Waals surface area contributed by atoms with Gasteiger partial charge >= 0.3 is 0 Å². The Morgan fingerprint density at radius 2 is 1.90 bits per heavy atom. The SMILES string of the molecule is CC(CC1CCCN1)Nc1ccc(C(C)C)cc1C(C)C. The number of hydrogen-bond donors (Lipinski definition) is 2. The molecule has 1 aromatic carbocycles. The molecule has 0 amide bonds. The highest BCUT2D eigenvalue weighted by molar-refractivity contribution is 5.55. The van der Waals surface area contributed by atoms with E-state index < -0.39 is 0 Å². The molecule has 1 aliphatic rings. The summed E-state index contributed by atoms with van der Waals surface area (Å²) >= 11 is 0. The van der Waals surface area contributed by atoms with E-state index in [1.54, 1.807) is 0 Å². The highest BCUT2D eigenvalue weighted by Gasteiger charge is 2.18. The molecule has 1 saturated heterocycles. The predicted octanol–water partition coefficient (Wildman–Crippen LogP) is 4.88. The van der Waals surface area contributed by atoms with Crippen LogP contribution >= 0.6 is 0 Å². The van der Waals surface area contributed by atoms with Gasteiger partial charge in [-0.3, -0.25) is 0 Å². The van der Waals surface area contributed by atoms with Crippen LogP contribution in [-0.2, 0) is 0 Å². The first-order chi connectivity index (χ1) is 9.97. The molecule has 1 heterocycles. The minimum absolute atomic E-state index is 0.517. The van der Waals surface area contributed by atoms with Gasteiger partial charge in [0.15, 0.2) is 0 Å². The fourth-order valence-corrected chi connectivity index (χ4v) is 3.26. The third-order valence-corrected chi connectivity index (χ3v) is 4.57. The fraction of sp³-hybridized carbons (Fsp3) is 0.684. The van der Waals surface area contributed by atoms with E-state index in [9.17, 15) is 0 Å². The van der Waals surface area contributed by atoms with Crippen LogP contribution in [0.15, 0.2) is 18.2 Å². The molecular weight excluding hydrogens is 256 g/mol. The number of benzene rings is 1. The van der Waals surface area contributed by atoms with Crippen molar-refractivity contribution in [3.05, 3.63) is 29.3 Å². The molecule has 1 fully saturated rings. The molecule has 0 aromatic heterocycles. The van der Waals surface area contributed by atoms with Gasteiger partial charge in [0.25, 0.3) is 0 Å². The molecule has 1 aromatic rings. The van der Waals surface area contributed by atoms with Crippen LogP contribution in [0.3, 0.4) is 0 Å². The zero-order valence-corrected chi connectivity index (χ0v) is 14.4. The molecule has 21 heavy (non-hydrogen) atoms. The third kappa shape index (κ3) is 4.47. The second-order valence-corrected chi connectivity index (χ2v) is 7.23. The van der Waals surface area contributed by atoms with Gasteiger partial charge < -0.3 is 10.6 Å². The van der Waals surface area contributed by atoms with Gasteiger partial charge in [0.05, 0.1) is 0 Å². The summed E-state index contributed by atoms with van der Waals surface area (Å²) in [5, 5.41) is 7.34. The van der Waals surface area contributed by atoms with E-state index in [0.717, 1.165) is 0 Å². The maximum atomic E-state index is 3.74. The Labute approximate surface area is 130 Å². The Morgan fingerprint density at radius 1 is 1.14 bits per heavy atom. The van der Waals surface area contributed by atoms with Gasteiger partial charge in [-0.15, -0.1) is 0 Å². The molecular formula is C19H32N2. The molecule has 0 spiro atoms. The monoisotopic (exact) mass is 288 g/mol. The molecule has 2 unspecified atom stereocenters. The molecule has 2 N–H and O–H groups in total. The first-order valence-corrected chi connectivity index (χ1v) is 8.61. The van der Waals surface area contributed by atoms with Gasteiger partial charge in [-0.1, -0.05) is 39.8 Å². The van der Waals surface area contributed by atoms with Gasteiger partial charge in [0.2, 0.25) is 0 Å². The maximum Gasteiger partial charge on any atom is 0.0377 e. The van der Waals surface area contributed by atoms with Gasteiger partial charge in [0.1, 0.15) is 0 Å². The molecule has 0 radical (unpaired) electrons. The highest BCUT2D eigenvalue weighted by Crippen LogP contribution is 2.29. The Morgan fingerprint density at radius 3 is 2.48 bits per heavy atom. The van der Waals surface area contributed by atoms with Gasteiger partial charge in [-0.25, -0.2) is 0 Å². The van der Waals surface area contributed by atoms with Crippen LogP contribution in [0.2, 0.25) is 0 Å². The minimum atomic E-state index is 0.517. The summed E-state index contributed by atoms with van der Waals surface area (Å²) in [4.78, 5) is 0. The zero-order valence-electron chi connectivity index (χ0n) is 14.4. The lowest BCUT2D eigenvalue weighted by atomic mass is 9.93. The van der Waals surface area contributed by atoms with Crippen molar-refractivity contribution in [2.45, 2.75) is 77.8 Å². The lowest BCUT2D eigenvalue weighted by molar-refractivity contribution is 0.523. The molecule has 2 heteroatoms. The highest BCUT2D eigenvalue weighted by atomic mass is 15.0. The summed E-state index contributed by atoms with van der Waals surface area (Å²) in [6.07, 6.45) is 3.87. The summed E-state index contributed by atoms with van der Waals surface area (Å²) in [5.74, 6) is 1.15. The summed E-state index contributed by atoms with van der Waals surface area (Å²) in [6.45, 7) is 12.6. The Kier molecular flexibility index (Phi) is 5.69. The second-order valence-electron chi connectivity index (χ2n) is 7.23. The first kappa shape index (κ1) is 16.4. The number of hydrogen-bond acceptors (Lipinski definition) is 2. The molecule has 0 saturated carbocycles. The summed E-state index contributed by atoms with van der Waals surface area (Å²) < 4.78 is 0. The Bertz CT molecular complexity index is 445. The number of anilines is 1. The molecule has 2 atom stereocenters. The van der Waals surface area contributed by atoms with Gasteiger partial charge in [-0.05, 0) is 61.8 Å². The van der Waals surface area contributed by atoms with E-state index in [2.05, 4.69) is 63.5 Å². The average Bonchev–Trinajstić information content (AvgIpc) is 2.91. The lowest BCUT2D eigenvalue weighted by Crippen LogP contribution is -2.29. The van der Waals surface area contributed by atoms with Crippen LogP contribution in [0.4, 0.5) is 5.69 Å². The fourth-order valence-electron chi connectivity index (χ4n) is 3.26. The molecule has 0 bridgehead atoms. The van der Waals surface area contributed by atoms with Gasteiger partial charge in [0, 0.05) is 17.8 Å². The first-order valence-electron chi connectivity index (χ1n) is 8.61. The lowest BCUT2D eigenvalue weighted by Gasteiger charge is -2.23. The van der Waals surface area contributed by atoms with Crippen molar-refractivity contribution >= 4 is 5.69 Å². The van der Waals surface area contributed by atoms with E-state index >= 15 is 0 Å². The van der Waals surface area contributed by atoms with Crippen molar-refractivity contribution in [3.63, 3.8) is 0 Å². The van der Waals surface area contributed by atoms with E-state index in [0.29, 0.717) is 23.9 Å². The van der Waals surface area contributed by atoms with E-state index in [-0.39, 0.29) is 0 Å². The van der Waals surface area contributed by atoms with E-state index in [1.807, 2.05) is 0 Å². The predicted molar refractivity (Wildman–Crippen MR) is 93.3 cm³/mol. The summed E-state index contributed by atoms with van der Waals surface area (Å²) in [5.41, 5.74) is 4.21. The van der Waals surface area contributed by atoms with Crippen LogP contribution in [0, 0.1) is 0 Å². The third-order valence-electron chi connectivity index (χ3n) is 4.57. The normalized spacial score (nSPS) is 20.2. The standard InChI is InChI=1S/C19H32N2/c1-13(2)16-8-9-19(18(12-16)14(3)4)21-15(5)11-17-7-6-10-20-17/h8-9,12-15,17,20-21H,6-7,10-11H2,1-5H3. The largest absolute Gasteiger partial charge is 0.382 e. The summed E-state index contributed by atoms with van der Waals surface area (Å²) in [7, 11) is 0. The Balaban J connectivity index is 2.07. The average molecular weight is 288 g/mol. The van der Waals surface area contributed by atoms with Crippen molar-refractivity contribution in [1.82, 2.24) is 5.32 Å². The molecule has 2 rings (SSSR count). The van der Waals surface area contributed by atoms with Crippen molar-refractivity contribution in [1.29, 1.82) is 0 Å². The summed E-state index contributed by atoms with van der Waals surface area (Å²) in [6, 6.07) is 8.16. The van der Waals surface area contributed by atoms with Crippen molar-refractivity contribution in [3.8, 4) is 0 Å². The van der Waals surface area contributed by atoms with Crippen molar-refractivity contribution < 1.29 is 0 Å². The minimum Gasteiger partial charge on any atom is -0.382 e. The van der Waals surface area contributed by atoms with E-state index in [1.165, 1.54) is 42.6 Å². The van der Waals surface area contributed by atoms with Crippen molar-refractivity contribution in [2.75, 3.05) is 11.9 Å². The molecule has 2 nitrogen and oxygen atoms in total. The number of rotatable bonds is 6. The van der Waals surface area contributed by atoms with Crippen LogP contribution in [-0.4, -0.2) is 18.6 Å². The maximum absolute atomic E-state index is 3.74. The van der Waals surface area contributed by atoms with Crippen LogP contribution in [0.5, 0.6) is 0 Å². The van der Waals surface area contributed by atoms with Gasteiger partial charge in [-0.2, -0.15) is 0 Å². The van der Waals surface area contributed by atoms with Crippen LogP contribution in [0.25, 0.3) is 0 Å². The zero-order chi connectivity index (χ0) is 15.4. The topological polar surface area (TPSA) is 24.1 Å². The second kappa shape index (κ2) is 7.31. The van der Waals surface area contributed by atoms with Crippen LogP contribution < -0.4 is 10.6 Å². The van der Waals surface area contributed by atoms with Crippen LogP contribution in [0.1, 0.15) is 76.8 Å². The number of nitrogens with one attached hydrogen (secondary N) is 2.